The molecule has 4 nitrogen and oxygen atoms in total. The Morgan fingerprint density at radius 1 is 1.27 bits per heavy atom. The molecule has 15 heavy (non-hydrogen) atoms. The lowest BCUT2D eigenvalue weighted by atomic mass is 10.2. The molecule has 4 heteroatoms. The van der Waals surface area contributed by atoms with Gasteiger partial charge >= 0.3 is 0 Å². The van der Waals surface area contributed by atoms with Gasteiger partial charge in [-0.25, -0.2) is 4.98 Å². The number of pyridine rings is 1. The molecule has 0 amide bonds. The zero-order valence-electron chi connectivity index (χ0n) is 8.94. The van der Waals surface area contributed by atoms with Crippen LogP contribution in [0.3, 0.4) is 0 Å². The van der Waals surface area contributed by atoms with E-state index in [1.165, 1.54) is 5.56 Å². The molecule has 0 aliphatic rings. The summed E-state index contributed by atoms with van der Waals surface area (Å²) < 4.78 is 0. The third kappa shape index (κ3) is 2.40. The van der Waals surface area contributed by atoms with Crippen molar-refractivity contribution >= 4 is 0 Å². The summed E-state index contributed by atoms with van der Waals surface area (Å²) in [4.78, 5) is 8.39. The normalized spacial score (nSPS) is 10.9. The Labute approximate surface area is 88.8 Å². The fraction of sp³-hybridized carbons (Fsp3) is 0.364. The Morgan fingerprint density at radius 2 is 2.00 bits per heavy atom. The number of H-pyrrole nitrogens is 1. The largest absolute Gasteiger partial charge is 0.265 e. The Morgan fingerprint density at radius 3 is 2.60 bits per heavy atom. The van der Waals surface area contributed by atoms with E-state index in [0.29, 0.717) is 5.92 Å². The van der Waals surface area contributed by atoms with Gasteiger partial charge < -0.3 is 0 Å². The van der Waals surface area contributed by atoms with E-state index < -0.39 is 0 Å². The zero-order chi connectivity index (χ0) is 10.7. The van der Waals surface area contributed by atoms with Gasteiger partial charge in [0.15, 0.2) is 5.82 Å². The van der Waals surface area contributed by atoms with Gasteiger partial charge in [-0.3, -0.25) is 10.1 Å². The molecule has 78 valence electrons. The van der Waals surface area contributed by atoms with Crippen LogP contribution < -0.4 is 0 Å². The summed E-state index contributed by atoms with van der Waals surface area (Å²) in [5.41, 5.74) is 1.19. The summed E-state index contributed by atoms with van der Waals surface area (Å²) in [7, 11) is 0. The van der Waals surface area contributed by atoms with Crippen molar-refractivity contribution in [2.75, 3.05) is 0 Å². The molecule has 0 unspecified atom stereocenters. The van der Waals surface area contributed by atoms with E-state index >= 15 is 0 Å². The predicted molar refractivity (Wildman–Crippen MR) is 57.5 cm³/mol. The van der Waals surface area contributed by atoms with Crippen LogP contribution in [0, 0.1) is 0 Å². The number of hydrogen-bond acceptors (Lipinski definition) is 3. The fourth-order valence-corrected chi connectivity index (χ4v) is 1.34. The van der Waals surface area contributed by atoms with Crippen LogP contribution in [0.2, 0.25) is 0 Å². The summed E-state index contributed by atoms with van der Waals surface area (Å²) in [6.45, 7) is 4.17. The van der Waals surface area contributed by atoms with E-state index in [1.807, 2.05) is 12.1 Å². The highest BCUT2D eigenvalue weighted by atomic mass is 15.2. The lowest BCUT2D eigenvalue weighted by molar-refractivity contribution is 0.780. The Kier molecular flexibility index (Phi) is 2.76. The van der Waals surface area contributed by atoms with Crippen LogP contribution in [-0.2, 0) is 6.42 Å². The van der Waals surface area contributed by atoms with Crippen LogP contribution in [0.5, 0.6) is 0 Å². The summed E-state index contributed by atoms with van der Waals surface area (Å²) in [5, 5.41) is 7.11. The number of hydrogen-bond donors (Lipinski definition) is 1. The van der Waals surface area contributed by atoms with Gasteiger partial charge in [0.05, 0.1) is 0 Å². The fourth-order valence-electron chi connectivity index (χ4n) is 1.34. The SMILES string of the molecule is CC(C)c1n[nH]c(Cc2ccncc2)n1. The minimum Gasteiger partial charge on any atom is -0.265 e. The molecule has 0 aliphatic carbocycles. The second-order valence-electron chi connectivity index (χ2n) is 3.83. The molecular weight excluding hydrogens is 188 g/mol. The van der Waals surface area contributed by atoms with Gasteiger partial charge in [0, 0.05) is 24.7 Å². The second-order valence-corrected chi connectivity index (χ2v) is 3.83. The molecule has 2 rings (SSSR count). The highest BCUT2D eigenvalue weighted by Crippen LogP contribution is 2.09. The summed E-state index contributed by atoms with van der Waals surface area (Å²) >= 11 is 0. The third-order valence-electron chi connectivity index (χ3n) is 2.19. The molecule has 0 bridgehead atoms. The van der Waals surface area contributed by atoms with Crippen molar-refractivity contribution in [2.24, 2.45) is 0 Å². The molecule has 1 N–H and O–H groups in total. The number of nitrogens with zero attached hydrogens (tertiary/aromatic N) is 3. The first kappa shape index (κ1) is 9.83. The highest BCUT2D eigenvalue weighted by Gasteiger charge is 2.06. The Bertz CT molecular complexity index is 419. The number of nitrogens with one attached hydrogen (secondary N) is 1. The third-order valence-corrected chi connectivity index (χ3v) is 2.19. The molecule has 2 heterocycles. The topological polar surface area (TPSA) is 54.5 Å². The van der Waals surface area contributed by atoms with Gasteiger partial charge in [-0.1, -0.05) is 13.8 Å². The molecule has 0 aliphatic heterocycles. The maximum atomic E-state index is 4.42. The van der Waals surface area contributed by atoms with Crippen LogP contribution >= 0.6 is 0 Å². The minimum absolute atomic E-state index is 0.368. The summed E-state index contributed by atoms with van der Waals surface area (Å²) in [6, 6.07) is 3.97. The van der Waals surface area contributed by atoms with Gasteiger partial charge in [-0.05, 0) is 17.7 Å². The first-order chi connectivity index (χ1) is 7.25. The molecule has 0 spiro atoms. The molecule has 0 atom stereocenters. The van der Waals surface area contributed by atoms with Crippen LogP contribution in [0.15, 0.2) is 24.5 Å². The van der Waals surface area contributed by atoms with Crippen molar-refractivity contribution in [1.82, 2.24) is 20.2 Å². The molecule has 0 saturated heterocycles. The second kappa shape index (κ2) is 4.21. The van der Waals surface area contributed by atoms with Crippen molar-refractivity contribution in [3.8, 4) is 0 Å². The minimum atomic E-state index is 0.368. The van der Waals surface area contributed by atoms with Crippen LogP contribution in [0.1, 0.15) is 37.0 Å². The van der Waals surface area contributed by atoms with E-state index in [2.05, 4.69) is 34.0 Å². The van der Waals surface area contributed by atoms with Crippen LogP contribution in [0.25, 0.3) is 0 Å². The molecular formula is C11H14N4. The average molecular weight is 202 g/mol. The van der Waals surface area contributed by atoms with Gasteiger partial charge in [-0.15, -0.1) is 0 Å². The van der Waals surface area contributed by atoms with Crippen molar-refractivity contribution in [3.05, 3.63) is 41.7 Å². The van der Waals surface area contributed by atoms with Crippen molar-refractivity contribution in [2.45, 2.75) is 26.2 Å². The first-order valence-electron chi connectivity index (χ1n) is 5.06. The van der Waals surface area contributed by atoms with Gasteiger partial charge in [0.1, 0.15) is 5.82 Å². The Balaban J connectivity index is 2.12. The molecule has 2 aromatic heterocycles. The molecule has 0 aromatic carbocycles. The number of aromatic nitrogens is 4. The number of rotatable bonds is 3. The number of aromatic amines is 1. The standard InChI is InChI=1S/C11H14N4/c1-8(2)11-13-10(14-15-11)7-9-3-5-12-6-4-9/h3-6,8H,7H2,1-2H3,(H,13,14,15). The van der Waals surface area contributed by atoms with E-state index in [4.69, 9.17) is 0 Å². The quantitative estimate of drug-likeness (QED) is 0.827. The average Bonchev–Trinajstić information content (AvgIpc) is 2.68. The van der Waals surface area contributed by atoms with E-state index in [1.54, 1.807) is 12.4 Å². The summed E-state index contributed by atoms with van der Waals surface area (Å²) in [5.74, 6) is 2.15. The monoisotopic (exact) mass is 202 g/mol. The van der Waals surface area contributed by atoms with Gasteiger partial charge in [0.2, 0.25) is 0 Å². The van der Waals surface area contributed by atoms with E-state index in [-0.39, 0.29) is 0 Å². The first-order valence-corrected chi connectivity index (χ1v) is 5.06. The van der Waals surface area contributed by atoms with E-state index in [0.717, 1.165) is 18.1 Å². The molecule has 0 radical (unpaired) electrons. The lowest BCUT2D eigenvalue weighted by Crippen LogP contribution is -1.92. The maximum absolute atomic E-state index is 4.42. The van der Waals surface area contributed by atoms with Gasteiger partial charge in [-0.2, -0.15) is 5.10 Å². The zero-order valence-corrected chi connectivity index (χ0v) is 8.94. The Hall–Kier alpha value is -1.71. The van der Waals surface area contributed by atoms with Crippen molar-refractivity contribution in [1.29, 1.82) is 0 Å². The van der Waals surface area contributed by atoms with E-state index in [9.17, 15) is 0 Å². The molecule has 2 aromatic rings. The molecule has 0 fully saturated rings. The maximum Gasteiger partial charge on any atom is 0.153 e. The van der Waals surface area contributed by atoms with Crippen LogP contribution in [0.4, 0.5) is 0 Å². The smallest absolute Gasteiger partial charge is 0.153 e. The highest BCUT2D eigenvalue weighted by molar-refractivity contribution is 5.15. The van der Waals surface area contributed by atoms with Crippen LogP contribution in [-0.4, -0.2) is 20.2 Å². The summed E-state index contributed by atoms with van der Waals surface area (Å²) in [6.07, 6.45) is 4.35. The van der Waals surface area contributed by atoms with Gasteiger partial charge in [0.25, 0.3) is 0 Å². The molecule has 0 saturated carbocycles. The van der Waals surface area contributed by atoms with Crippen molar-refractivity contribution < 1.29 is 0 Å². The predicted octanol–water partition coefficient (Wildman–Crippen LogP) is 1.91. The van der Waals surface area contributed by atoms with Crippen molar-refractivity contribution in [3.63, 3.8) is 0 Å². The lowest BCUT2D eigenvalue weighted by Gasteiger charge is -1.96.